The van der Waals surface area contributed by atoms with E-state index in [0.717, 1.165) is 5.56 Å². The van der Waals surface area contributed by atoms with Gasteiger partial charge in [-0.1, -0.05) is 18.2 Å². The van der Waals surface area contributed by atoms with Crippen LogP contribution in [-0.2, 0) is 4.79 Å². The van der Waals surface area contributed by atoms with Crippen LogP contribution in [0.5, 0.6) is 5.75 Å². The smallest absolute Gasteiger partial charge is 0.343 e. The third-order valence-electron chi connectivity index (χ3n) is 2.92. The summed E-state index contributed by atoms with van der Waals surface area (Å²) in [5, 5.41) is 5.29. The molecule has 1 aromatic rings. The third kappa shape index (κ3) is 1.39. The molecule has 0 unspecified atom stereocenters. The van der Waals surface area contributed by atoms with Crippen molar-refractivity contribution >= 4 is 12.0 Å². The van der Waals surface area contributed by atoms with E-state index in [1.54, 1.807) is 19.1 Å². The van der Waals surface area contributed by atoms with Gasteiger partial charge in [0, 0.05) is 11.3 Å². The third-order valence-corrected chi connectivity index (χ3v) is 2.92. The van der Waals surface area contributed by atoms with Gasteiger partial charge in [0.25, 0.3) is 0 Å². The van der Waals surface area contributed by atoms with Gasteiger partial charge in [-0.05, 0) is 13.0 Å². The molecular formula is C12H10N2O3. The second-order valence-corrected chi connectivity index (χ2v) is 4.00. The normalized spacial score (nSPS) is 22.1. The highest BCUT2D eigenvalue weighted by molar-refractivity contribution is 5.98. The number of nitrogens with one attached hydrogen (secondary N) is 2. The van der Waals surface area contributed by atoms with Crippen LogP contribution >= 0.6 is 0 Å². The van der Waals surface area contributed by atoms with E-state index in [-0.39, 0.29) is 6.03 Å². The predicted molar refractivity (Wildman–Crippen MR) is 59.2 cm³/mol. The molecule has 2 aliphatic heterocycles. The monoisotopic (exact) mass is 230 g/mol. The molecule has 86 valence electrons. The molecule has 0 aliphatic carbocycles. The Morgan fingerprint density at radius 3 is 2.82 bits per heavy atom. The number of ether oxygens (including phenoxy) is 1. The minimum Gasteiger partial charge on any atom is -0.423 e. The maximum Gasteiger partial charge on any atom is 0.343 e. The first-order valence-corrected chi connectivity index (χ1v) is 5.26. The Morgan fingerprint density at radius 2 is 2.00 bits per heavy atom. The van der Waals surface area contributed by atoms with Gasteiger partial charge >= 0.3 is 12.0 Å². The Kier molecular flexibility index (Phi) is 1.95. The van der Waals surface area contributed by atoms with Gasteiger partial charge in [-0.3, -0.25) is 0 Å². The molecule has 2 heterocycles. The highest BCUT2D eigenvalue weighted by Crippen LogP contribution is 2.37. The zero-order valence-corrected chi connectivity index (χ0v) is 9.11. The van der Waals surface area contributed by atoms with Crippen molar-refractivity contribution in [3.05, 3.63) is 41.1 Å². The van der Waals surface area contributed by atoms with Gasteiger partial charge in [0.2, 0.25) is 0 Å². The second-order valence-electron chi connectivity index (χ2n) is 4.00. The van der Waals surface area contributed by atoms with E-state index in [2.05, 4.69) is 10.6 Å². The van der Waals surface area contributed by atoms with E-state index in [9.17, 15) is 9.59 Å². The summed E-state index contributed by atoms with van der Waals surface area (Å²) in [7, 11) is 0. The van der Waals surface area contributed by atoms with Crippen molar-refractivity contribution in [1.82, 2.24) is 10.6 Å². The van der Waals surface area contributed by atoms with Crippen molar-refractivity contribution in [2.24, 2.45) is 0 Å². The summed E-state index contributed by atoms with van der Waals surface area (Å²) in [5.41, 5.74) is 1.80. The number of benzene rings is 1. The van der Waals surface area contributed by atoms with Crippen LogP contribution in [-0.4, -0.2) is 12.0 Å². The molecule has 0 radical (unpaired) electrons. The fourth-order valence-corrected chi connectivity index (χ4v) is 2.16. The molecule has 2 N–H and O–H groups in total. The summed E-state index contributed by atoms with van der Waals surface area (Å²) in [4.78, 5) is 23.3. The molecule has 0 aromatic heterocycles. The number of hydrogen-bond donors (Lipinski definition) is 2. The Morgan fingerprint density at radius 1 is 1.24 bits per heavy atom. The summed E-state index contributed by atoms with van der Waals surface area (Å²) in [6.07, 6.45) is 0. The van der Waals surface area contributed by atoms with Gasteiger partial charge in [0.1, 0.15) is 5.75 Å². The average Bonchev–Trinajstić information content (AvgIpc) is 2.28. The van der Waals surface area contributed by atoms with Gasteiger partial charge in [-0.2, -0.15) is 0 Å². The predicted octanol–water partition coefficient (Wildman–Crippen LogP) is 1.23. The Bertz CT molecular complexity index is 563. The van der Waals surface area contributed by atoms with E-state index < -0.39 is 12.0 Å². The topological polar surface area (TPSA) is 67.4 Å². The van der Waals surface area contributed by atoms with Crippen molar-refractivity contribution in [1.29, 1.82) is 0 Å². The van der Waals surface area contributed by atoms with E-state index in [0.29, 0.717) is 17.0 Å². The maximum absolute atomic E-state index is 11.8. The molecule has 0 spiro atoms. The summed E-state index contributed by atoms with van der Waals surface area (Å²) in [6, 6.07) is 6.47. The summed E-state index contributed by atoms with van der Waals surface area (Å²) < 4.78 is 5.22. The Hall–Kier alpha value is -2.30. The van der Waals surface area contributed by atoms with Crippen molar-refractivity contribution in [3.8, 4) is 5.75 Å². The number of para-hydroxylation sites is 1. The van der Waals surface area contributed by atoms with Crippen LogP contribution in [0.1, 0.15) is 18.5 Å². The van der Waals surface area contributed by atoms with Crippen molar-refractivity contribution < 1.29 is 14.3 Å². The molecule has 0 bridgehead atoms. The number of amides is 2. The number of allylic oxidation sites excluding steroid dienone is 1. The average molecular weight is 230 g/mol. The van der Waals surface area contributed by atoms with Gasteiger partial charge in [0.05, 0.1) is 11.6 Å². The molecule has 3 rings (SSSR count). The SMILES string of the molecule is CC1=C2C(=O)Oc3ccccc3[C@@H]2NC(=O)N1. The first-order valence-electron chi connectivity index (χ1n) is 5.26. The quantitative estimate of drug-likeness (QED) is 0.520. The number of hydrogen-bond acceptors (Lipinski definition) is 3. The zero-order chi connectivity index (χ0) is 12.0. The molecule has 0 fully saturated rings. The van der Waals surface area contributed by atoms with Crippen molar-refractivity contribution in [2.75, 3.05) is 0 Å². The number of urea groups is 1. The van der Waals surface area contributed by atoms with Gasteiger partial charge < -0.3 is 15.4 Å². The first kappa shape index (κ1) is 9.89. The number of fused-ring (bicyclic) bond motifs is 3. The largest absolute Gasteiger partial charge is 0.423 e. The van der Waals surface area contributed by atoms with E-state index >= 15 is 0 Å². The molecule has 0 saturated carbocycles. The minimum absolute atomic E-state index is 0.305. The lowest BCUT2D eigenvalue weighted by Crippen LogP contribution is -2.47. The Balaban J connectivity index is 2.20. The van der Waals surface area contributed by atoms with Crippen LogP contribution in [0.4, 0.5) is 4.79 Å². The number of carbonyl (C=O) groups excluding carboxylic acids is 2. The zero-order valence-electron chi connectivity index (χ0n) is 9.11. The van der Waals surface area contributed by atoms with Crippen molar-refractivity contribution in [2.45, 2.75) is 13.0 Å². The first-order chi connectivity index (χ1) is 8.16. The van der Waals surface area contributed by atoms with Crippen LogP contribution in [0.25, 0.3) is 0 Å². The van der Waals surface area contributed by atoms with Crippen LogP contribution in [0.3, 0.4) is 0 Å². The van der Waals surface area contributed by atoms with Crippen molar-refractivity contribution in [3.63, 3.8) is 0 Å². The minimum atomic E-state index is -0.418. The molecule has 5 heteroatoms. The second kappa shape index (κ2) is 3.35. The number of esters is 1. The Labute approximate surface area is 97.5 Å². The fourth-order valence-electron chi connectivity index (χ4n) is 2.16. The van der Waals surface area contributed by atoms with E-state index in [1.165, 1.54) is 0 Å². The van der Waals surface area contributed by atoms with Gasteiger partial charge in [-0.15, -0.1) is 0 Å². The molecular weight excluding hydrogens is 220 g/mol. The molecule has 2 amide bonds. The summed E-state index contributed by atoms with van der Waals surface area (Å²) in [5.74, 6) is 0.0833. The standard InChI is InChI=1S/C12H10N2O3/c1-6-9-10(14-12(16)13-6)7-4-2-3-5-8(7)17-11(9)15/h2-5,10H,1H3,(H2,13,14,16)/t10-/m0/s1. The molecule has 1 aromatic carbocycles. The lowest BCUT2D eigenvalue weighted by atomic mass is 9.93. The molecule has 1 atom stereocenters. The van der Waals surface area contributed by atoms with E-state index in [4.69, 9.17) is 4.74 Å². The fraction of sp³-hybridized carbons (Fsp3) is 0.167. The van der Waals surface area contributed by atoms with Crippen LogP contribution in [0, 0.1) is 0 Å². The number of rotatable bonds is 0. The lowest BCUT2D eigenvalue weighted by Gasteiger charge is -2.32. The summed E-state index contributed by atoms with van der Waals surface area (Å²) in [6.45, 7) is 1.69. The lowest BCUT2D eigenvalue weighted by molar-refractivity contribution is -0.131. The highest BCUT2D eigenvalue weighted by Gasteiger charge is 2.37. The molecule has 0 saturated heterocycles. The van der Waals surface area contributed by atoms with Gasteiger partial charge in [-0.25, -0.2) is 9.59 Å². The van der Waals surface area contributed by atoms with Crippen LogP contribution < -0.4 is 15.4 Å². The van der Waals surface area contributed by atoms with Gasteiger partial charge in [0.15, 0.2) is 0 Å². The van der Waals surface area contributed by atoms with E-state index in [1.807, 2.05) is 12.1 Å². The van der Waals surface area contributed by atoms with Crippen LogP contribution in [0.2, 0.25) is 0 Å². The summed E-state index contributed by atoms with van der Waals surface area (Å²) >= 11 is 0. The molecule has 5 nitrogen and oxygen atoms in total. The maximum atomic E-state index is 11.8. The molecule has 2 aliphatic rings. The highest BCUT2D eigenvalue weighted by atomic mass is 16.5. The molecule has 17 heavy (non-hydrogen) atoms. The van der Waals surface area contributed by atoms with Crippen LogP contribution in [0.15, 0.2) is 35.5 Å². The number of carbonyl (C=O) groups is 2.